The Balaban J connectivity index is 1.52. The van der Waals surface area contributed by atoms with Crippen molar-refractivity contribution in [3.05, 3.63) is 51.7 Å². The number of nitrogens with one attached hydrogen (secondary N) is 2. The van der Waals surface area contributed by atoms with E-state index in [0.717, 1.165) is 0 Å². The molecule has 0 spiro atoms. The summed E-state index contributed by atoms with van der Waals surface area (Å²) >= 11 is 7.25. The number of thiophene rings is 1. The molecule has 1 aromatic heterocycles. The molecular formula is C19H22ClN3O4S2. The average molecular weight is 456 g/mol. The summed E-state index contributed by atoms with van der Waals surface area (Å²) in [7, 11) is -3.82. The van der Waals surface area contributed by atoms with Crippen LogP contribution in [0.25, 0.3) is 0 Å². The standard InChI is InChI=1S/C19H22ClN3O4S2/c1-13(22-29(26,27)17-4-2-15(20)3-5-17)19(25)23-9-6-16(7-10-23)21-18(24)14-8-11-28-12-14/h2-5,8,11-13,16,22H,6-7,9-10H2,1H3,(H,21,24)/t13-/m0/s1. The van der Waals surface area contributed by atoms with Crippen LogP contribution in [0.5, 0.6) is 0 Å². The number of likely N-dealkylation sites (tertiary alicyclic amines) is 1. The second-order valence-electron chi connectivity index (χ2n) is 6.88. The van der Waals surface area contributed by atoms with E-state index in [1.54, 1.807) is 16.3 Å². The quantitative estimate of drug-likeness (QED) is 0.699. The zero-order valence-electron chi connectivity index (χ0n) is 15.8. The third-order valence-corrected chi connectivity index (χ3v) is 7.24. The number of amides is 2. The van der Waals surface area contributed by atoms with Gasteiger partial charge in [-0.2, -0.15) is 16.1 Å². The molecule has 0 unspecified atom stereocenters. The first-order valence-electron chi connectivity index (χ1n) is 9.16. The van der Waals surface area contributed by atoms with Crippen LogP contribution in [0.15, 0.2) is 46.0 Å². The maximum atomic E-state index is 12.7. The van der Waals surface area contributed by atoms with E-state index in [2.05, 4.69) is 10.0 Å². The van der Waals surface area contributed by atoms with Crippen molar-refractivity contribution in [3.63, 3.8) is 0 Å². The molecule has 3 rings (SSSR count). The van der Waals surface area contributed by atoms with Crippen LogP contribution in [-0.2, 0) is 14.8 Å². The second-order valence-corrected chi connectivity index (χ2v) is 9.81. The topological polar surface area (TPSA) is 95.6 Å². The van der Waals surface area contributed by atoms with E-state index in [1.807, 2.05) is 5.38 Å². The van der Waals surface area contributed by atoms with Gasteiger partial charge in [0.25, 0.3) is 5.91 Å². The first-order chi connectivity index (χ1) is 13.8. The molecule has 2 amide bonds. The molecule has 0 saturated carbocycles. The molecule has 1 fully saturated rings. The lowest BCUT2D eigenvalue weighted by Gasteiger charge is -2.34. The van der Waals surface area contributed by atoms with Gasteiger partial charge in [-0.1, -0.05) is 11.6 Å². The van der Waals surface area contributed by atoms with E-state index < -0.39 is 16.1 Å². The van der Waals surface area contributed by atoms with Gasteiger partial charge in [-0.15, -0.1) is 0 Å². The van der Waals surface area contributed by atoms with Gasteiger partial charge in [0.1, 0.15) is 0 Å². The lowest BCUT2D eigenvalue weighted by Crippen LogP contribution is -2.52. The number of piperidine rings is 1. The monoisotopic (exact) mass is 455 g/mol. The summed E-state index contributed by atoms with van der Waals surface area (Å²) in [6.07, 6.45) is 1.25. The molecule has 10 heteroatoms. The van der Waals surface area contributed by atoms with Gasteiger partial charge in [0.15, 0.2) is 0 Å². The van der Waals surface area contributed by atoms with Gasteiger partial charge >= 0.3 is 0 Å². The summed E-state index contributed by atoms with van der Waals surface area (Å²) < 4.78 is 27.3. The Morgan fingerprint density at radius 1 is 1.17 bits per heavy atom. The van der Waals surface area contributed by atoms with Crippen molar-refractivity contribution in [1.82, 2.24) is 14.9 Å². The van der Waals surface area contributed by atoms with E-state index in [4.69, 9.17) is 11.6 Å². The van der Waals surface area contributed by atoms with E-state index >= 15 is 0 Å². The fourth-order valence-electron chi connectivity index (χ4n) is 3.15. The van der Waals surface area contributed by atoms with Crippen molar-refractivity contribution in [2.24, 2.45) is 0 Å². The van der Waals surface area contributed by atoms with Crippen molar-refractivity contribution in [2.75, 3.05) is 13.1 Å². The predicted molar refractivity (Wildman–Crippen MR) is 113 cm³/mol. The number of nitrogens with zero attached hydrogens (tertiary/aromatic N) is 1. The highest BCUT2D eigenvalue weighted by Crippen LogP contribution is 2.16. The Hall–Kier alpha value is -1.94. The molecule has 2 N–H and O–H groups in total. The SMILES string of the molecule is C[C@H](NS(=O)(=O)c1ccc(Cl)cc1)C(=O)N1CCC(NC(=O)c2ccsc2)CC1. The molecule has 2 heterocycles. The van der Waals surface area contributed by atoms with Gasteiger partial charge < -0.3 is 10.2 Å². The fraction of sp³-hybridized carbons (Fsp3) is 0.368. The maximum Gasteiger partial charge on any atom is 0.252 e. The van der Waals surface area contributed by atoms with Crippen LogP contribution < -0.4 is 10.0 Å². The van der Waals surface area contributed by atoms with Gasteiger partial charge in [-0.25, -0.2) is 8.42 Å². The molecule has 1 atom stereocenters. The molecule has 29 heavy (non-hydrogen) atoms. The molecule has 7 nitrogen and oxygen atoms in total. The van der Waals surface area contributed by atoms with Crippen molar-refractivity contribution < 1.29 is 18.0 Å². The summed E-state index contributed by atoms with van der Waals surface area (Å²) in [5, 5.41) is 7.06. The van der Waals surface area contributed by atoms with Gasteiger partial charge in [0.2, 0.25) is 15.9 Å². The minimum atomic E-state index is -3.82. The van der Waals surface area contributed by atoms with Crippen LogP contribution >= 0.6 is 22.9 Å². The smallest absolute Gasteiger partial charge is 0.252 e. The second kappa shape index (κ2) is 9.25. The predicted octanol–water partition coefficient (Wildman–Crippen LogP) is 2.49. The van der Waals surface area contributed by atoms with Crippen LogP contribution in [0, 0.1) is 0 Å². The zero-order valence-corrected chi connectivity index (χ0v) is 18.2. The van der Waals surface area contributed by atoms with E-state index in [-0.39, 0.29) is 22.8 Å². The van der Waals surface area contributed by atoms with Crippen LogP contribution in [0.1, 0.15) is 30.1 Å². The largest absolute Gasteiger partial charge is 0.349 e. The van der Waals surface area contributed by atoms with Crippen LogP contribution in [0.3, 0.4) is 0 Å². The van der Waals surface area contributed by atoms with E-state index in [9.17, 15) is 18.0 Å². The molecule has 1 aliphatic rings. The van der Waals surface area contributed by atoms with Crippen LogP contribution in [-0.4, -0.2) is 50.3 Å². The fourth-order valence-corrected chi connectivity index (χ4v) is 5.10. The highest BCUT2D eigenvalue weighted by atomic mass is 35.5. The number of carbonyl (C=O) groups excluding carboxylic acids is 2. The number of carbonyl (C=O) groups is 2. The molecule has 156 valence electrons. The number of hydrogen-bond donors (Lipinski definition) is 2. The number of sulfonamides is 1. The van der Waals surface area contributed by atoms with Crippen molar-refractivity contribution in [2.45, 2.75) is 36.7 Å². The summed E-state index contributed by atoms with van der Waals surface area (Å²) in [6.45, 7) is 2.45. The first kappa shape index (κ1) is 21.8. The Labute approximate surface area is 179 Å². The molecular weight excluding hydrogens is 434 g/mol. The number of rotatable bonds is 6. The Morgan fingerprint density at radius 3 is 2.41 bits per heavy atom. The van der Waals surface area contributed by atoms with Crippen LogP contribution in [0.4, 0.5) is 0 Å². The highest BCUT2D eigenvalue weighted by Gasteiger charge is 2.29. The van der Waals surface area contributed by atoms with Crippen molar-refractivity contribution in [3.8, 4) is 0 Å². The number of hydrogen-bond acceptors (Lipinski definition) is 5. The normalized spacial score (nSPS) is 16.4. The summed E-state index contributed by atoms with van der Waals surface area (Å²) in [5.41, 5.74) is 0.638. The first-order valence-corrected chi connectivity index (χ1v) is 12.0. The third kappa shape index (κ3) is 5.57. The Morgan fingerprint density at radius 2 is 1.83 bits per heavy atom. The van der Waals surface area contributed by atoms with Gasteiger partial charge in [0.05, 0.1) is 10.9 Å². The van der Waals surface area contributed by atoms with Gasteiger partial charge in [0, 0.05) is 35.1 Å². The van der Waals surface area contributed by atoms with Gasteiger partial charge in [-0.3, -0.25) is 9.59 Å². The van der Waals surface area contributed by atoms with E-state index in [1.165, 1.54) is 42.5 Å². The summed E-state index contributed by atoms with van der Waals surface area (Å²) in [5.74, 6) is -0.398. The molecule has 1 aromatic carbocycles. The Kier molecular flexibility index (Phi) is 6.94. The lowest BCUT2D eigenvalue weighted by molar-refractivity contribution is -0.133. The van der Waals surface area contributed by atoms with E-state index in [0.29, 0.717) is 36.5 Å². The third-order valence-electron chi connectivity index (χ3n) is 4.75. The maximum absolute atomic E-state index is 12.7. The van der Waals surface area contributed by atoms with Crippen LogP contribution in [0.2, 0.25) is 5.02 Å². The minimum absolute atomic E-state index is 0.00693. The molecule has 0 aliphatic carbocycles. The van der Waals surface area contributed by atoms with Crippen molar-refractivity contribution in [1.29, 1.82) is 0 Å². The molecule has 0 radical (unpaired) electrons. The van der Waals surface area contributed by atoms with Gasteiger partial charge in [-0.05, 0) is 55.5 Å². The summed E-state index contributed by atoms with van der Waals surface area (Å²) in [4.78, 5) is 26.5. The molecule has 2 aromatic rings. The number of benzene rings is 1. The molecule has 1 aliphatic heterocycles. The van der Waals surface area contributed by atoms with Crippen molar-refractivity contribution >= 4 is 44.8 Å². The Bertz CT molecular complexity index is 954. The number of halogens is 1. The lowest BCUT2D eigenvalue weighted by atomic mass is 10.0. The molecule has 1 saturated heterocycles. The highest BCUT2D eigenvalue weighted by molar-refractivity contribution is 7.89. The summed E-state index contributed by atoms with van der Waals surface area (Å²) in [6, 6.07) is 6.62. The molecule has 0 bridgehead atoms. The average Bonchev–Trinajstić information content (AvgIpc) is 3.23. The zero-order chi connectivity index (χ0) is 21.0. The minimum Gasteiger partial charge on any atom is -0.349 e.